The van der Waals surface area contributed by atoms with E-state index in [1.54, 1.807) is 43.5 Å². The molecule has 2 aliphatic heterocycles. The zero-order chi connectivity index (χ0) is 25.8. The van der Waals surface area contributed by atoms with Crippen molar-refractivity contribution in [3.8, 4) is 17.2 Å². The highest BCUT2D eigenvalue weighted by atomic mass is 16.5. The second kappa shape index (κ2) is 10.6. The molecule has 0 radical (unpaired) electrons. The molecule has 5 rings (SSSR count). The number of rotatable bonds is 7. The van der Waals surface area contributed by atoms with E-state index in [2.05, 4.69) is 26.6 Å². The van der Waals surface area contributed by atoms with Gasteiger partial charge in [-0.3, -0.25) is 19.7 Å². The number of anilines is 2. The summed E-state index contributed by atoms with van der Waals surface area (Å²) in [5.74, 6) is -0.625. The van der Waals surface area contributed by atoms with E-state index >= 15 is 0 Å². The van der Waals surface area contributed by atoms with Crippen LogP contribution in [-0.2, 0) is 14.4 Å². The summed E-state index contributed by atoms with van der Waals surface area (Å²) in [5, 5.41) is 14.8. The summed E-state index contributed by atoms with van der Waals surface area (Å²) in [6.45, 7) is 0. The standard InChI is InChI=1S/C27H27N5O5/c1-36-18-11-7-17(8-12-18)29-27-31-24-23(26(35)32-27)21(15-22(33)30-24)25(34)28-16-9-13-20(14-10-16)37-19-5-3-2-4-6-19/h2-14,21,23-24,27,29,31H,15H2,1H3,(H,28,34)(H,30,33)(H,32,35). The van der Waals surface area contributed by atoms with Crippen LogP contribution in [0.15, 0.2) is 78.9 Å². The quantitative estimate of drug-likeness (QED) is 0.337. The van der Waals surface area contributed by atoms with E-state index in [0.717, 1.165) is 5.69 Å². The summed E-state index contributed by atoms with van der Waals surface area (Å²) in [6.07, 6.45) is -1.43. The molecule has 2 heterocycles. The summed E-state index contributed by atoms with van der Waals surface area (Å²) in [6, 6.07) is 23.5. The zero-order valence-corrected chi connectivity index (χ0v) is 20.1. The highest BCUT2D eigenvalue weighted by molar-refractivity contribution is 6.00. The minimum absolute atomic E-state index is 0.0894. The SMILES string of the molecule is COc1ccc(NC2NC(=O)C3C(NC(=O)CC3C(=O)Nc3ccc(Oc4ccccc4)cc3)N2)cc1. The van der Waals surface area contributed by atoms with Crippen LogP contribution in [0.2, 0.25) is 0 Å². The van der Waals surface area contributed by atoms with Gasteiger partial charge in [0.15, 0.2) is 6.29 Å². The van der Waals surface area contributed by atoms with Crippen LogP contribution in [0.25, 0.3) is 0 Å². The number of piperidine rings is 1. The molecule has 10 nitrogen and oxygen atoms in total. The lowest BCUT2D eigenvalue weighted by atomic mass is 9.81. The highest BCUT2D eigenvalue weighted by Crippen LogP contribution is 2.29. The van der Waals surface area contributed by atoms with Crippen molar-refractivity contribution in [1.29, 1.82) is 0 Å². The molecule has 4 unspecified atom stereocenters. The van der Waals surface area contributed by atoms with Crippen molar-refractivity contribution < 1.29 is 23.9 Å². The molecule has 3 aromatic carbocycles. The summed E-state index contributed by atoms with van der Waals surface area (Å²) in [4.78, 5) is 38.7. The van der Waals surface area contributed by atoms with Crippen LogP contribution in [0.1, 0.15) is 6.42 Å². The Morgan fingerprint density at radius 2 is 1.49 bits per heavy atom. The number of fused-ring (bicyclic) bond motifs is 1. The first-order valence-corrected chi connectivity index (χ1v) is 11.9. The summed E-state index contributed by atoms with van der Waals surface area (Å²) in [7, 11) is 1.58. The van der Waals surface area contributed by atoms with E-state index in [9.17, 15) is 14.4 Å². The van der Waals surface area contributed by atoms with E-state index in [4.69, 9.17) is 9.47 Å². The van der Waals surface area contributed by atoms with E-state index in [1.807, 2.05) is 42.5 Å². The van der Waals surface area contributed by atoms with E-state index < -0.39 is 30.2 Å². The predicted octanol–water partition coefficient (Wildman–Crippen LogP) is 2.62. The summed E-state index contributed by atoms with van der Waals surface area (Å²) in [5.41, 5.74) is 1.28. The third-order valence-electron chi connectivity index (χ3n) is 6.29. The van der Waals surface area contributed by atoms with Crippen LogP contribution >= 0.6 is 0 Å². The molecule has 0 aliphatic carbocycles. The van der Waals surface area contributed by atoms with Crippen molar-refractivity contribution >= 4 is 29.1 Å². The molecule has 10 heteroatoms. The Balaban J connectivity index is 1.23. The van der Waals surface area contributed by atoms with Crippen molar-refractivity contribution in [2.24, 2.45) is 11.8 Å². The largest absolute Gasteiger partial charge is 0.497 e. The molecule has 2 aliphatic rings. The Hall–Kier alpha value is -4.57. The maximum Gasteiger partial charge on any atom is 0.229 e. The van der Waals surface area contributed by atoms with Crippen molar-refractivity contribution in [1.82, 2.24) is 16.0 Å². The van der Waals surface area contributed by atoms with Crippen molar-refractivity contribution in [2.75, 3.05) is 17.7 Å². The number of benzene rings is 3. The van der Waals surface area contributed by atoms with Crippen molar-refractivity contribution in [2.45, 2.75) is 18.9 Å². The summed E-state index contributed by atoms with van der Waals surface area (Å²) >= 11 is 0. The molecule has 5 N–H and O–H groups in total. The number of carbonyl (C=O) groups excluding carboxylic acids is 3. The molecule has 2 fully saturated rings. The van der Waals surface area contributed by atoms with E-state index in [0.29, 0.717) is 22.9 Å². The minimum Gasteiger partial charge on any atom is -0.497 e. The smallest absolute Gasteiger partial charge is 0.229 e. The molecule has 4 atom stereocenters. The zero-order valence-electron chi connectivity index (χ0n) is 20.1. The fraction of sp³-hybridized carbons (Fsp3) is 0.222. The molecule has 190 valence electrons. The highest BCUT2D eigenvalue weighted by Gasteiger charge is 2.48. The first kappa shape index (κ1) is 24.1. The molecule has 0 saturated carbocycles. The number of hydrogen-bond acceptors (Lipinski definition) is 7. The van der Waals surface area contributed by atoms with Gasteiger partial charge in [-0.2, -0.15) is 0 Å². The molecule has 2 saturated heterocycles. The number of nitrogens with one attached hydrogen (secondary N) is 5. The molecule has 3 amide bonds. The van der Waals surface area contributed by atoms with Gasteiger partial charge in [0.1, 0.15) is 17.2 Å². The topological polar surface area (TPSA) is 130 Å². The van der Waals surface area contributed by atoms with Crippen molar-refractivity contribution in [3.63, 3.8) is 0 Å². The Morgan fingerprint density at radius 3 is 2.19 bits per heavy atom. The van der Waals surface area contributed by atoms with Crippen LogP contribution in [0.3, 0.4) is 0 Å². The molecule has 0 aromatic heterocycles. The third-order valence-corrected chi connectivity index (χ3v) is 6.29. The first-order chi connectivity index (χ1) is 18.0. The number of para-hydroxylation sites is 1. The van der Waals surface area contributed by atoms with Crippen LogP contribution in [-0.4, -0.2) is 37.3 Å². The van der Waals surface area contributed by atoms with Gasteiger partial charge in [-0.25, -0.2) is 0 Å². The lowest BCUT2D eigenvalue weighted by Crippen LogP contribution is -2.72. The van der Waals surface area contributed by atoms with E-state index in [1.165, 1.54) is 0 Å². The normalized spacial score (nSPS) is 22.6. The number of amides is 3. The van der Waals surface area contributed by atoms with Gasteiger partial charge in [0.25, 0.3) is 0 Å². The van der Waals surface area contributed by atoms with Gasteiger partial charge >= 0.3 is 0 Å². The second-order valence-corrected chi connectivity index (χ2v) is 8.79. The average molecular weight is 502 g/mol. The van der Waals surface area contributed by atoms with Crippen LogP contribution in [0, 0.1) is 11.8 Å². The van der Waals surface area contributed by atoms with Gasteiger partial charge in [0, 0.05) is 17.8 Å². The Bertz CT molecular complexity index is 1270. The fourth-order valence-electron chi connectivity index (χ4n) is 4.47. The average Bonchev–Trinajstić information content (AvgIpc) is 2.90. The minimum atomic E-state index is -0.839. The Morgan fingerprint density at radius 1 is 0.838 bits per heavy atom. The molecule has 3 aromatic rings. The van der Waals surface area contributed by atoms with Crippen LogP contribution in [0.5, 0.6) is 17.2 Å². The van der Waals surface area contributed by atoms with Crippen LogP contribution < -0.4 is 36.1 Å². The lowest BCUT2D eigenvalue weighted by molar-refractivity contribution is -0.144. The van der Waals surface area contributed by atoms with Crippen LogP contribution in [0.4, 0.5) is 11.4 Å². The number of carbonyl (C=O) groups is 3. The molecular formula is C27H27N5O5. The van der Waals surface area contributed by atoms with Gasteiger partial charge in [-0.15, -0.1) is 0 Å². The monoisotopic (exact) mass is 501 g/mol. The van der Waals surface area contributed by atoms with Gasteiger partial charge in [-0.1, -0.05) is 18.2 Å². The molecular weight excluding hydrogens is 474 g/mol. The maximum absolute atomic E-state index is 13.2. The van der Waals surface area contributed by atoms with Gasteiger partial charge in [0.05, 0.1) is 25.1 Å². The Kier molecular flexibility index (Phi) is 6.91. The van der Waals surface area contributed by atoms with Crippen molar-refractivity contribution in [3.05, 3.63) is 78.9 Å². The number of methoxy groups -OCH3 is 1. The number of ether oxygens (including phenoxy) is 2. The molecule has 0 bridgehead atoms. The fourth-order valence-corrected chi connectivity index (χ4v) is 4.47. The lowest BCUT2D eigenvalue weighted by Gasteiger charge is -2.43. The third kappa shape index (κ3) is 5.65. The first-order valence-electron chi connectivity index (χ1n) is 11.9. The number of hydrogen-bond donors (Lipinski definition) is 5. The summed E-state index contributed by atoms with van der Waals surface area (Å²) < 4.78 is 10.9. The van der Waals surface area contributed by atoms with Gasteiger partial charge < -0.3 is 30.7 Å². The molecule has 37 heavy (non-hydrogen) atoms. The van der Waals surface area contributed by atoms with E-state index in [-0.39, 0.29) is 18.2 Å². The predicted molar refractivity (Wildman–Crippen MR) is 137 cm³/mol. The second-order valence-electron chi connectivity index (χ2n) is 8.79. The maximum atomic E-state index is 13.2. The Labute approximate surface area is 213 Å². The van der Waals surface area contributed by atoms with Gasteiger partial charge in [0.2, 0.25) is 17.7 Å². The van der Waals surface area contributed by atoms with Gasteiger partial charge in [-0.05, 0) is 60.7 Å². The molecule has 0 spiro atoms.